The summed E-state index contributed by atoms with van der Waals surface area (Å²) in [7, 11) is 0. The Hall–Kier alpha value is -3.10. The van der Waals surface area contributed by atoms with Gasteiger partial charge in [0.05, 0.1) is 13.2 Å². The molecule has 8 nitrogen and oxygen atoms in total. The summed E-state index contributed by atoms with van der Waals surface area (Å²) in [6.07, 6.45) is 1.56. The molecule has 0 atom stereocenters. The summed E-state index contributed by atoms with van der Waals surface area (Å²) >= 11 is 0. The molecule has 2 aromatic heterocycles. The lowest BCUT2D eigenvalue weighted by Crippen LogP contribution is -2.11. The Bertz CT molecular complexity index is 942. The summed E-state index contributed by atoms with van der Waals surface area (Å²) in [5.41, 5.74) is 7.43. The molecule has 9 heteroatoms. The van der Waals surface area contributed by atoms with Gasteiger partial charge in [0, 0.05) is 6.54 Å². The van der Waals surface area contributed by atoms with E-state index in [4.69, 9.17) is 10.5 Å². The van der Waals surface area contributed by atoms with Gasteiger partial charge in [-0.2, -0.15) is 15.0 Å². The Morgan fingerprint density at radius 1 is 1.24 bits per heavy atom. The van der Waals surface area contributed by atoms with E-state index in [1.54, 1.807) is 12.1 Å². The average molecular weight is 344 g/mol. The molecule has 0 spiro atoms. The second kappa shape index (κ2) is 6.08. The summed E-state index contributed by atoms with van der Waals surface area (Å²) in [6.45, 7) is 1.28. The molecular weight excluding hydrogens is 327 g/mol. The normalized spacial score (nSPS) is 14.8. The molecule has 130 valence electrons. The zero-order valence-corrected chi connectivity index (χ0v) is 13.4. The Morgan fingerprint density at radius 3 is 3.00 bits per heavy atom. The van der Waals surface area contributed by atoms with Gasteiger partial charge in [0.2, 0.25) is 5.95 Å². The van der Waals surface area contributed by atoms with E-state index in [1.165, 1.54) is 10.6 Å². The van der Waals surface area contributed by atoms with Gasteiger partial charge in [-0.25, -0.2) is 4.39 Å². The predicted octanol–water partition coefficient (Wildman–Crippen LogP) is 1.89. The fourth-order valence-electron chi connectivity index (χ4n) is 2.78. The van der Waals surface area contributed by atoms with Crippen molar-refractivity contribution in [3.8, 4) is 11.8 Å². The number of nitrogen functional groups attached to an aromatic ring is 1. The van der Waals surface area contributed by atoms with Crippen LogP contribution in [0.5, 0.6) is 11.8 Å². The first-order valence-electron chi connectivity index (χ1n) is 7.99. The lowest BCUT2D eigenvalue weighted by atomic mass is 10.2. The van der Waals surface area contributed by atoms with Crippen molar-refractivity contribution in [2.75, 3.05) is 24.2 Å². The zero-order valence-electron chi connectivity index (χ0n) is 13.4. The van der Waals surface area contributed by atoms with E-state index >= 15 is 0 Å². The maximum Gasteiger partial charge on any atom is 0.296 e. The maximum atomic E-state index is 13.9. The molecule has 4 rings (SSSR count). The monoisotopic (exact) mass is 344 g/mol. The number of fused-ring (bicyclic) bond motifs is 3. The summed E-state index contributed by atoms with van der Waals surface area (Å²) in [5.74, 6) is 0.351. The van der Waals surface area contributed by atoms with Crippen molar-refractivity contribution < 1.29 is 14.2 Å². The van der Waals surface area contributed by atoms with Crippen molar-refractivity contribution in [3.63, 3.8) is 0 Å². The van der Waals surface area contributed by atoms with Crippen LogP contribution in [0.1, 0.15) is 18.4 Å². The summed E-state index contributed by atoms with van der Waals surface area (Å²) in [5, 5.41) is 13.3. The molecule has 1 aliphatic heterocycles. The van der Waals surface area contributed by atoms with Crippen LogP contribution in [0, 0.1) is 5.82 Å². The van der Waals surface area contributed by atoms with Gasteiger partial charge >= 0.3 is 0 Å². The number of aromatic hydroxyl groups is 1. The molecule has 4 N–H and O–H groups in total. The first kappa shape index (κ1) is 15.4. The number of aromatic nitrogens is 4. The molecule has 1 aliphatic rings. The molecule has 3 aromatic rings. The van der Waals surface area contributed by atoms with Gasteiger partial charge in [0.25, 0.3) is 6.01 Å². The van der Waals surface area contributed by atoms with Crippen LogP contribution in [0.15, 0.2) is 18.2 Å². The van der Waals surface area contributed by atoms with Crippen molar-refractivity contribution in [2.45, 2.75) is 19.4 Å². The van der Waals surface area contributed by atoms with Crippen molar-refractivity contribution in [1.29, 1.82) is 0 Å². The van der Waals surface area contributed by atoms with Crippen LogP contribution in [0.2, 0.25) is 0 Å². The van der Waals surface area contributed by atoms with Gasteiger partial charge in [-0.3, -0.25) is 4.57 Å². The fourth-order valence-corrected chi connectivity index (χ4v) is 2.78. The molecule has 25 heavy (non-hydrogen) atoms. The smallest absolute Gasteiger partial charge is 0.296 e. The van der Waals surface area contributed by atoms with E-state index in [0.717, 1.165) is 18.4 Å². The number of benzene rings is 1. The second-order valence-electron chi connectivity index (χ2n) is 5.85. The van der Waals surface area contributed by atoms with Crippen molar-refractivity contribution in [3.05, 3.63) is 29.6 Å². The van der Waals surface area contributed by atoms with Gasteiger partial charge < -0.3 is 20.9 Å². The molecule has 0 saturated carbocycles. The van der Waals surface area contributed by atoms with Crippen LogP contribution in [-0.2, 0) is 6.54 Å². The Kier molecular flexibility index (Phi) is 3.75. The van der Waals surface area contributed by atoms with Crippen molar-refractivity contribution in [2.24, 2.45) is 0 Å². The maximum absolute atomic E-state index is 13.9. The van der Waals surface area contributed by atoms with E-state index < -0.39 is 5.82 Å². The molecule has 0 unspecified atom stereocenters. The topological polar surface area (TPSA) is 111 Å². The quantitative estimate of drug-likeness (QED) is 0.571. The van der Waals surface area contributed by atoms with Crippen LogP contribution in [-0.4, -0.2) is 37.8 Å². The highest BCUT2D eigenvalue weighted by molar-refractivity contribution is 5.84. The van der Waals surface area contributed by atoms with E-state index in [-0.39, 0.29) is 24.1 Å². The van der Waals surface area contributed by atoms with Gasteiger partial charge in [-0.15, -0.1) is 0 Å². The molecule has 0 amide bonds. The number of hydrogen-bond donors (Lipinski definition) is 3. The highest BCUT2D eigenvalue weighted by Crippen LogP contribution is 2.27. The van der Waals surface area contributed by atoms with Crippen LogP contribution < -0.4 is 15.8 Å². The molecule has 0 aliphatic carbocycles. The molecule has 0 saturated heterocycles. The number of nitrogens with one attached hydrogen (secondary N) is 1. The Balaban J connectivity index is 1.85. The lowest BCUT2D eigenvalue weighted by molar-refractivity contribution is 0.293. The largest absolute Gasteiger partial charge is 0.491 e. The number of anilines is 2. The third kappa shape index (κ3) is 2.88. The van der Waals surface area contributed by atoms with Crippen LogP contribution in [0.3, 0.4) is 0 Å². The predicted molar refractivity (Wildman–Crippen MR) is 90.1 cm³/mol. The average Bonchev–Trinajstić information content (AvgIpc) is 2.90. The minimum Gasteiger partial charge on any atom is -0.491 e. The third-order valence-corrected chi connectivity index (χ3v) is 4.05. The highest BCUT2D eigenvalue weighted by Gasteiger charge is 2.17. The molecule has 0 fully saturated rings. The number of nitrogens with two attached hydrogens (primary N) is 1. The highest BCUT2D eigenvalue weighted by atomic mass is 19.1. The van der Waals surface area contributed by atoms with Crippen molar-refractivity contribution in [1.82, 2.24) is 19.5 Å². The minimum absolute atomic E-state index is 0.191. The fraction of sp³-hybridized carbons (Fsp3) is 0.312. The van der Waals surface area contributed by atoms with Gasteiger partial charge in [0.1, 0.15) is 0 Å². The Labute approximate surface area is 142 Å². The summed E-state index contributed by atoms with van der Waals surface area (Å²) in [6, 6.07) is 4.37. The SMILES string of the molecule is Nc1nc2nc3c1nc(O)n3Cc1ccc(F)c(c1)OCCCCN2. The zero-order chi connectivity index (χ0) is 17.4. The summed E-state index contributed by atoms with van der Waals surface area (Å²) in [4.78, 5) is 12.6. The van der Waals surface area contributed by atoms with E-state index in [1.807, 2.05) is 0 Å². The standard InChI is InChI=1S/C16H17FN6O2/c17-10-4-3-9-7-11(10)25-6-2-1-5-19-15-21-13(18)12-14(22-15)23(8-9)16(24)20-12/h3-4,7H,1-2,5-6,8H2,(H,20,24)(H3,18,19,21,22). The van der Waals surface area contributed by atoms with E-state index in [9.17, 15) is 9.50 Å². The Morgan fingerprint density at radius 2 is 2.12 bits per heavy atom. The molecule has 1 aromatic carbocycles. The molecule has 0 radical (unpaired) electrons. The van der Waals surface area contributed by atoms with E-state index in [2.05, 4.69) is 20.3 Å². The number of ether oxygens (including phenoxy) is 1. The number of imidazole rings is 1. The second-order valence-corrected chi connectivity index (χ2v) is 5.85. The molecule has 3 heterocycles. The lowest BCUT2D eigenvalue weighted by Gasteiger charge is -2.12. The third-order valence-electron chi connectivity index (χ3n) is 4.05. The van der Waals surface area contributed by atoms with Crippen LogP contribution >= 0.6 is 0 Å². The van der Waals surface area contributed by atoms with Crippen LogP contribution in [0.25, 0.3) is 11.2 Å². The minimum atomic E-state index is -0.414. The van der Waals surface area contributed by atoms with Gasteiger partial charge in [-0.05, 0) is 30.5 Å². The number of rotatable bonds is 0. The van der Waals surface area contributed by atoms with E-state index in [0.29, 0.717) is 30.3 Å². The number of halogens is 1. The summed E-state index contributed by atoms with van der Waals surface area (Å²) < 4.78 is 20.9. The van der Waals surface area contributed by atoms with Gasteiger partial charge in [-0.1, -0.05) is 6.07 Å². The van der Waals surface area contributed by atoms with Gasteiger partial charge in [0.15, 0.2) is 28.5 Å². The first-order valence-corrected chi connectivity index (χ1v) is 7.99. The van der Waals surface area contributed by atoms with Crippen LogP contribution in [0.4, 0.5) is 16.2 Å². The molecular formula is C16H17FN6O2. The first-order chi connectivity index (χ1) is 12.1. The number of nitrogens with zero attached hydrogens (tertiary/aromatic N) is 4. The van der Waals surface area contributed by atoms with Crippen molar-refractivity contribution >= 4 is 22.9 Å². The number of hydrogen-bond acceptors (Lipinski definition) is 7. The molecule has 4 bridgehead atoms.